The summed E-state index contributed by atoms with van der Waals surface area (Å²) in [7, 11) is 1.65. The number of hydrogen-bond donors (Lipinski definition) is 1. The van der Waals surface area contributed by atoms with Crippen LogP contribution in [0.4, 0.5) is 5.13 Å². The minimum absolute atomic E-state index is 0.0561. The highest BCUT2D eigenvalue weighted by molar-refractivity contribution is 7.16. The maximum Gasteiger partial charge on any atom is 0.267 e. The Morgan fingerprint density at radius 3 is 2.65 bits per heavy atom. The molecular weight excluding hydrogens is 364 g/mol. The van der Waals surface area contributed by atoms with Gasteiger partial charge in [-0.3, -0.25) is 10.1 Å². The molecule has 0 fully saturated rings. The van der Waals surface area contributed by atoms with E-state index < -0.39 is 0 Å². The fourth-order valence-electron chi connectivity index (χ4n) is 3.23. The van der Waals surface area contributed by atoms with Gasteiger partial charge in [0, 0.05) is 15.3 Å². The van der Waals surface area contributed by atoms with E-state index in [9.17, 15) is 4.79 Å². The molecule has 2 heterocycles. The van der Waals surface area contributed by atoms with Crippen LogP contribution in [0.1, 0.15) is 37.8 Å². The molecule has 4 rings (SSSR count). The van der Waals surface area contributed by atoms with Gasteiger partial charge in [0.15, 0.2) is 5.13 Å². The van der Waals surface area contributed by atoms with Crippen LogP contribution in [0.3, 0.4) is 0 Å². The van der Waals surface area contributed by atoms with Crippen LogP contribution in [0, 0.1) is 6.92 Å². The Kier molecular flexibility index (Phi) is 4.78. The van der Waals surface area contributed by atoms with Crippen molar-refractivity contribution in [2.24, 2.45) is 0 Å². The molecule has 1 aliphatic carbocycles. The summed E-state index contributed by atoms with van der Waals surface area (Å²) < 4.78 is 5.20. The van der Waals surface area contributed by atoms with Gasteiger partial charge in [-0.25, -0.2) is 4.98 Å². The average molecular weight is 385 g/mol. The van der Waals surface area contributed by atoms with E-state index in [0.717, 1.165) is 39.6 Å². The minimum Gasteiger partial charge on any atom is -0.497 e. The second kappa shape index (κ2) is 7.21. The fourth-order valence-corrected chi connectivity index (χ4v) is 5.21. The standard InChI is InChI=1S/C20H20N2O2S2/c1-12-18(13-7-9-15(24-2)10-8-13)21-20(25-12)22-19(23)17-11-14-5-3-4-6-16(14)26-17/h7-11H,3-6H2,1-2H3,(H,21,22,23). The molecule has 1 amide bonds. The Morgan fingerprint density at radius 1 is 1.15 bits per heavy atom. The molecule has 0 radical (unpaired) electrons. The van der Waals surface area contributed by atoms with Crippen LogP contribution in [0.15, 0.2) is 30.3 Å². The number of aryl methyl sites for hydroxylation is 3. The molecular formula is C20H20N2O2S2. The molecule has 0 bridgehead atoms. The molecule has 0 saturated carbocycles. The van der Waals surface area contributed by atoms with Crippen molar-refractivity contribution in [1.29, 1.82) is 0 Å². The minimum atomic E-state index is -0.0561. The predicted octanol–water partition coefficient (Wildman–Crippen LogP) is 5.32. The number of carbonyl (C=O) groups is 1. The van der Waals surface area contributed by atoms with Gasteiger partial charge in [-0.05, 0) is 68.5 Å². The number of aromatic nitrogens is 1. The number of thiazole rings is 1. The largest absolute Gasteiger partial charge is 0.497 e. The Balaban J connectivity index is 1.53. The molecule has 0 aliphatic heterocycles. The van der Waals surface area contributed by atoms with Gasteiger partial charge < -0.3 is 4.74 Å². The number of fused-ring (bicyclic) bond motifs is 1. The molecule has 6 heteroatoms. The summed E-state index contributed by atoms with van der Waals surface area (Å²) >= 11 is 3.13. The summed E-state index contributed by atoms with van der Waals surface area (Å²) in [5.41, 5.74) is 3.27. The maximum absolute atomic E-state index is 12.6. The first-order valence-corrected chi connectivity index (χ1v) is 10.3. The third-order valence-electron chi connectivity index (χ3n) is 4.60. The highest BCUT2D eigenvalue weighted by Crippen LogP contribution is 2.33. The zero-order chi connectivity index (χ0) is 18.1. The summed E-state index contributed by atoms with van der Waals surface area (Å²) in [6, 6.07) is 9.87. The summed E-state index contributed by atoms with van der Waals surface area (Å²) in [6.07, 6.45) is 4.65. The van der Waals surface area contributed by atoms with E-state index in [-0.39, 0.29) is 5.91 Å². The van der Waals surface area contributed by atoms with Gasteiger partial charge in [0.05, 0.1) is 17.7 Å². The Morgan fingerprint density at radius 2 is 1.92 bits per heavy atom. The first-order chi connectivity index (χ1) is 12.6. The van der Waals surface area contributed by atoms with Crippen molar-refractivity contribution < 1.29 is 9.53 Å². The number of benzene rings is 1. The Labute approximate surface area is 160 Å². The van der Waals surface area contributed by atoms with Crippen molar-refractivity contribution in [2.45, 2.75) is 32.6 Å². The lowest BCUT2D eigenvalue weighted by Gasteiger charge is -2.08. The monoisotopic (exact) mass is 384 g/mol. The number of nitrogens with zero attached hydrogens (tertiary/aromatic N) is 1. The van der Waals surface area contributed by atoms with Crippen LogP contribution in [0.5, 0.6) is 5.75 Å². The molecule has 1 aromatic carbocycles. The second-order valence-electron chi connectivity index (χ2n) is 6.37. The smallest absolute Gasteiger partial charge is 0.267 e. The average Bonchev–Trinajstić information content (AvgIpc) is 3.25. The van der Waals surface area contributed by atoms with Crippen LogP contribution in [0.2, 0.25) is 0 Å². The number of amides is 1. The predicted molar refractivity (Wildman–Crippen MR) is 108 cm³/mol. The molecule has 3 aromatic rings. The number of hydrogen-bond acceptors (Lipinski definition) is 5. The third kappa shape index (κ3) is 3.39. The SMILES string of the molecule is COc1ccc(-c2nc(NC(=O)c3cc4c(s3)CCCC4)sc2C)cc1. The van der Waals surface area contributed by atoms with E-state index in [4.69, 9.17) is 4.74 Å². The van der Waals surface area contributed by atoms with Gasteiger partial charge in [-0.2, -0.15) is 0 Å². The van der Waals surface area contributed by atoms with Gasteiger partial charge in [-0.1, -0.05) is 0 Å². The number of methoxy groups -OCH3 is 1. The molecule has 26 heavy (non-hydrogen) atoms. The van der Waals surface area contributed by atoms with E-state index in [0.29, 0.717) is 5.13 Å². The molecule has 2 aromatic heterocycles. The summed E-state index contributed by atoms with van der Waals surface area (Å²) in [5, 5.41) is 3.62. The van der Waals surface area contributed by atoms with Crippen molar-refractivity contribution in [3.05, 3.63) is 50.5 Å². The maximum atomic E-state index is 12.6. The van der Waals surface area contributed by atoms with Gasteiger partial charge in [0.25, 0.3) is 5.91 Å². The van der Waals surface area contributed by atoms with E-state index in [2.05, 4.69) is 16.4 Å². The van der Waals surface area contributed by atoms with Crippen LogP contribution in [-0.4, -0.2) is 18.0 Å². The molecule has 4 nitrogen and oxygen atoms in total. The highest BCUT2D eigenvalue weighted by Gasteiger charge is 2.19. The number of anilines is 1. The molecule has 0 saturated heterocycles. The molecule has 1 N–H and O–H groups in total. The number of ether oxygens (including phenoxy) is 1. The van der Waals surface area contributed by atoms with Crippen molar-refractivity contribution >= 4 is 33.7 Å². The van der Waals surface area contributed by atoms with Crippen molar-refractivity contribution in [3.8, 4) is 17.0 Å². The summed E-state index contributed by atoms with van der Waals surface area (Å²) in [5.74, 6) is 0.760. The van der Waals surface area contributed by atoms with Crippen molar-refractivity contribution in [1.82, 2.24) is 4.98 Å². The van der Waals surface area contributed by atoms with Gasteiger partial charge >= 0.3 is 0 Å². The van der Waals surface area contributed by atoms with E-state index in [1.807, 2.05) is 31.2 Å². The molecule has 134 valence electrons. The van der Waals surface area contributed by atoms with E-state index in [1.165, 1.54) is 34.6 Å². The van der Waals surface area contributed by atoms with Crippen LogP contribution >= 0.6 is 22.7 Å². The van der Waals surface area contributed by atoms with Crippen LogP contribution in [-0.2, 0) is 12.8 Å². The molecule has 0 unspecified atom stereocenters. The van der Waals surface area contributed by atoms with Gasteiger partial charge in [-0.15, -0.1) is 22.7 Å². The highest BCUT2D eigenvalue weighted by atomic mass is 32.1. The molecule has 1 aliphatic rings. The third-order valence-corrected chi connectivity index (χ3v) is 6.72. The lowest BCUT2D eigenvalue weighted by Crippen LogP contribution is -2.09. The second-order valence-corrected chi connectivity index (χ2v) is 8.71. The lowest BCUT2D eigenvalue weighted by molar-refractivity contribution is 0.103. The molecule has 0 atom stereocenters. The fraction of sp³-hybridized carbons (Fsp3) is 0.300. The van der Waals surface area contributed by atoms with Gasteiger partial charge in [0.2, 0.25) is 0 Å². The summed E-state index contributed by atoms with van der Waals surface area (Å²) in [6.45, 7) is 2.02. The van der Waals surface area contributed by atoms with Gasteiger partial charge in [0.1, 0.15) is 5.75 Å². The number of rotatable bonds is 4. The zero-order valence-corrected chi connectivity index (χ0v) is 16.4. The Hall–Kier alpha value is -2.18. The topological polar surface area (TPSA) is 51.2 Å². The van der Waals surface area contributed by atoms with E-state index in [1.54, 1.807) is 18.4 Å². The lowest BCUT2D eigenvalue weighted by atomic mass is 9.99. The van der Waals surface area contributed by atoms with Crippen LogP contribution in [0.25, 0.3) is 11.3 Å². The first-order valence-electron chi connectivity index (χ1n) is 8.69. The van der Waals surface area contributed by atoms with E-state index >= 15 is 0 Å². The number of nitrogens with one attached hydrogen (secondary N) is 1. The normalized spacial score (nSPS) is 13.3. The Bertz CT molecular complexity index is 918. The zero-order valence-electron chi connectivity index (χ0n) is 14.8. The van der Waals surface area contributed by atoms with Crippen molar-refractivity contribution in [3.63, 3.8) is 0 Å². The summed E-state index contributed by atoms with van der Waals surface area (Å²) in [4.78, 5) is 20.5. The number of carbonyl (C=O) groups excluding carboxylic acids is 1. The number of thiophene rings is 1. The quantitative estimate of drug-likeness (QED) is 0.662. The first kappa shape index (κ1) is 17.2. The van der Waals surface area contributed by atoms with Crippen molar-refractivity contribution in [2.75, 3.05) is 12.4 Å². The van der Waals surface area contributed by atoms with Crippen LogP contribution < -0.4 is 10.1 Å². The molecule has 0 spiro atoms.